The normalized spacial score (nSPS) is 23.4. The number of nitrogens with two attached hydrogens (primary N) is 1. The lowest BCUT2D eigenvalue weighted by Gasteiger charge is -2.38. The van der Waals surface area contributed by atoms with E-state index in [1.54, 1.807) is 5.01 Å². The highest BCUT2D eigenvalue weighted by atomic mass is 16.2. The van der Waals surface area contributed by atoms with Crippen LogP contribution in [0.25, 0.3) is 0 Å². The molecule has 1 heterocycles. The number of amides is 1. The van der Waals surface area contributed by atoms with Crippen molar-refractivity contribution < 1.29 is 4.79 Å². The van der Waals surface area contributed by atoms with E-state index in [1.807, 2.05) is 18.7 Å². The van der Waals surface area contributed by atoms with E-state index in [4.69, 9.17) is 5.84 Å². The highest BCUT2D eigenvalue weighted by Gasteiger charge is 2.33. The number of hydrogen-bond acceptors (Lipinski definition) is 3. The predicted molar refractivity (Wildman–Crippen MR) is 47.2 cm³/mol. The maximum atomic E-state index is 11.6. The molecule has 0 bridgehead atoms. The minimum Gasteiger partial charge on any atom is -0.342 e. The van der Waals surface area contributed by atoms with Gasteiger partial charge >= 0.3 is 0 Å². The molecule has 2 N–H and O–H groups in total. The van der Waals surface area contributed by atoms with Gasteiger partial charge in [0, 0.05) is 19.6 Å². The number of carbonyl (C=O) groups excluding carboxylic acids is 1. The molecule has 0 aromatic carbocycles. The molecule has 1 saturated heterocycles. The number of hydrazine groups is 1. The summed E-state index contributed by atoms with van der Waals surface area (Å²) in [6.45, 7) is 6.37. The SMILES string of the molecule is CCN(CC)C(=O)[C@@H]1CCN1N. The minimum atomic E-state index is -0.0510. The van der Waals surface area contributed by atoms with Crippen molar-refractivity contribution in [3.05, 3.63) is 0 Å². The fourth-order valence-electron chi connectivity index (χ4n) is 1.42. The first kappa shape index (κ1) is 9.48. The van der Waals surface area contributed by atoms with Crippen molar-refractivity contribution in [1.29, 1.82) is 0 Å². The molecule has 1 atom stereocenters. The number of hydrogen-bond donors (Lipinski definition) is 1. The Kier molecular flexibility index (Phi) is 3.05. The average Bonchev–Trinajstić information content (AvgIpc) is 2.04. The van der Waals surface area contributed by atoms with E-state index in [2.05, 4.69) is 0 Å². The van der Waals surface area contributed by atoms with Gasteiger partial charge in [0.1, 0.15) is 6.04 Å². The zero-order valence-corrected chi connectivity index (χ0v) is 7.79. The molecule has 1 fully saturated rings. The molecule has 4 nitrogen and oxygen atoms in total. The highest BCUT2D eigenvalue weighted by molar-refractivity contribution is 5.82. The summed E-state index contributed by atoms with van der Waals surface area (Å²) in [7, 11) is 0. The largest absolute Gasteiger partial charge is 0.342 e. The van der Waals surface area contributed by atoms with Gasteiger partial charge in [-0.3, -0.25) is 10.6 Å². The Morgan fingerprint density at radius 1 is 1.58 bits per heavy atom. The van der Waals surface area contributed by atoms with Crippen molar-refractivity contribution in [2.24, 2.45) is 5.84 Å². The van der Waals surface area contributed by atoms with E-state index in [9.17, 15) is 4.79 Å². The lowest BCUT2D eigenvalue weighted by Crippen LogP contribution is -2.59. The van der Waals surface area contributed by atoms with Crippen LogP contribution in [0.15, 0.2) is 0 Å². The number of rotatable bonds is 3. The summed E-state index contributed by atoms with van der Waals surface area (Å²) >= 11 is 0. The molecule has 0 radical (unpaired) electrons. The molecule has 12 heavy (non-hydrogen) atoms. The molecule has 0 aromatic heterocycles. The molecule has 0 saturated carbocycles. The number of nitrogens with zero attached hydrogens (tertiary/aromatic N) is 2. The standard InChI is InChI=1S/C8H17N3O/c1-3-10(4-2)8(12)7-5-6-11(7)9/h7H,3-6,9H2,1-2H3/t7-/m0/s1. The zero-order chi connectivity index (χ0) is 9.14. The van der Waals surface area contributed by atoms with Crippen molar-refractivity contribution >= 4 is 5.91 Å². The monoisotopic (exact) mass is 171 g/mol. The van der Waals surface area contributed by atoms with Crippen LogP contribution < -0.4 is 5.84 Å². The fourth-order valence-corrected chi connectivity index (χ4v) is 1.42. The second-order valence-electron chi connectivity index (χ2n) is 3.05. The molecule has 0 spiro atoms. The fraction of sp³-hybridized carbons (Fsp3) is 0.875. The summed E-state index contributed by atoms with van der Waals surface area (Å²) in [5, 5.41) is 1.61. The summed E-state index contributed by atoms with van der Waals surface area (Å²) < 4.78 is 0. The lowest BCUT2D eigenvalue weighted by atomic mass is 10.0. The van der Waals surface area contributed by atoms with E-state index >= 15 is 0 Å². The topological polar surface area (TPSA) is 49.6 Å². The predicted octanol–water partition coefficient (Wildman–Crippen LogP) is -0.197. The summed E-state index contributed by atoms with van der Waals surface area (Å²) in [5.74, 6) is 5.73. The summed E-state index contributed by atoms with van der Waals surface area (Å²) in [6.07, 6.45) is 0.909. The summed E-state index contributed by atoms with van der Waals surface area (Å²) in [6, 6.07) is -0.0510. The Bertz CT molecular complexity index is 161. The number of likely N-dealkylation sites (N-methyl/N-ethyl adjacent to an activating group) is 1. The quantitative estimate of drug-likeness (QED) is 0.598. The summed E-state index contributed by atoms with van der Waals surface area (Å²) in [5.41, 5.74) is 0. The van der Waals surface area contributed by atoms with E-state index in [-0.39, 0.29) is 11.9 Å². The third-order valence-electron chi connectivity index (χ3n) is 2.42. The Labute approximate surface area is 73.3 Å². The van der Waals surface area contributed by atoms with Crippen molar-refractivity contribution in [2.75, 3.05) is 19.6 Å². The van der Waals surface area contributed by atoms with Crippen LogP contribution in [0.1, 0.15) is 20.3 Å². The Hall–Kier alpha value is -0.610. The van der Waals surface area contributed by atoms with Gasteiger partial charge in [0.15, 0.2) is 0 Å². The van der Waals surface area contributed by atoms with Crippen LogP contribution in [-0.2, 0) is 4.79 Å². The van der Waals surface area contributed by atoms with Gasteiger partial charge in [-0.1, -0.05) is 0 Å². The van der Waals surface area contributed by atoms with Crippen LogP contribution in [0, 0.1) is 0 Å². The first-order chi connectivity index (χ1) is 5.70. The van der Waals surface area contributed by atoms with Crippen LogP contribution in [0.2, 0.25) is 0 Å². The molecule has 0 aliphatic carbocycles. The molecule has 1 aliphatic rings. The molecule has 0 aromatic rings. The molecule has 1 rings (SSSR count). The van der Waals surface area contributed by atoms with Crippen LogP contribution in [0.4, 0.5) is 0 Å². The van der Waals surface area contributed by atoms with Gasteiger partial charge in [0.2, 0.25) is 5.91 Å². The van der Waals surface area contributed by atoms with E-state index in [0.717, 1.165) is 26.1 Å². The van der Waals surface area contributed by atoms with Crippen LogP contribution in [0.3, 0.4) is 0 Å². The highest BCUT2D eigenvalue weighted by Crippen LogP contribution is 2.14. The van der Waals surface area contributed by atoms with Gasteiger partial charge in [-0.15, -0.1) is 0 Å². The maximum Gasteiger partial charge on any atom is 0.241 e. The molecular formula is C8H17N3O. The zero-order valence-electron chi connectivity index (χ0n) is 7.79. The molecule has 1 aliphatic heterocycles. The van der Waals surface area contributed by atoms with Crippen molar-refractivity contribution in [1.82, 2.24) is 9.91 Å². The van der Waals surface area contributed by atoms with Crippen LogP contribution in [0.5, 0.6) is 0 Å². The van der Waals surface area contributed by atoms with Gasteiger partial charge in [-0.2, -0.15) is 0 Å². The van der Waals surface area contributed by atoms with E-state index < -0.39 is 0 Å². The average molecular weight is 171 g/mol. The molecule has 1 amide bonds. The van der Waals surface area contributed by atoms with E-state index in [1.165, 1.54) is 0 Å². The Balaban J connectivity index is 2.45. The second kappa shape index (κ2) is 3.87. The number of carbonyl (C=O) groups is 1. The second-order valence-corrected chi connectivity index (χ2v) is 3.05. The molecule has 4 heteroatoms. The first-order valence-electron chi connectivity index (χ1n) is 4.50. The third-order valence-corrected chi connectivity index (χ3v) is 2.42. The summed E-state index contributed by atoms with van der Waals surface area (Å²) in [4.78, 5) is 13.4. The van der Waals surface area contributed by atoms with Crippen molar-refractivity contribution in [3.8, 4) is 0 Å². The van der Waals surface area contributed by atoms with Gasteiger partial charge in [-0.25, -0.2) is 5.01 Å². The Morgan fingerprint density at radius 2 is 2.17 bits per heavy atom. The van der Waals surface area contributed by atoms with Gasteiger partial charge in [0.25, 0.3) is 0 Å². The van der Waals surface area contributed by atoms with Crippen LogP contribution in [-0.4, -0.2) is 41.5 Å². The molecule has 0 unspecified atom stereocenters. The van der Waals surface area contributed by atoms with Crippen LogP contribution >= 0.6 is 0 Å². The van der Waals surface area contributed by atoms with Gasteiger partial charge in [-0.05, 0) is 20.3 Å². The van der Waals surface area contributed by atoms with Crippen molar-refractivity contribution in [3.63, 3.8) is 0 Å². The van der Waals surface area contributed by atoms with Crippen molar-refractivity contribution in [2.45, 2.75) is 26.3 Å². The van der Waals surface area contributed by atoms with Gasteiger partial charge < -0.3 is 4.90 Å². The first-order valence-corrected chi connectivity index (χ1v) is 4.50. The Morgan fingerprint density at radius 3 is 2.42 bits per heavy atom. The third kappa shape index (κ3) is 1.59. The molecule has 70 valence electrons. The van der Waals surface area contributed by atoms with E-state index in [0.29, 0.717) is 0 Å². The smallest absolute Gasteiger partial charge is 0.241 e. The lowest BCUT2D eigenvalue weighted by molar-refractivity contribution is -0.141. The molecular weight excluding hydrogens is 154 g/mol. The van der Waals surface area contributed by atoms with Gasteiger partial charge in [0.05, 0.1) is 0 Å². The minimum absolute atomic E-state index is 0.0510. The maximum absolute atomic E-state index is 11.6.